The number of carbonyl (C=O) groups excluding carboxylic acids is 1. The predicted octanol–water partition coefficient (Wildman–Crippen LogP) is 3.81. The average molecular weight is 481 g/mol. The van der Waals surface area contributed by atoms with Gasteiger partial charge in [0.15, 0.2) is 0 Å². The van der Waals surface area contributed by atoms with Crippen molar-refractivity contribution in [2.75, 3.05) is 33.9 Å². The van der Waals surface area contributed by atoms with Crippen LogP contribution in [0.1, 0.15) is 25.3 Å². The van der Waals surface area contributed by atoms with Crippen molar-refractivity contribution in [2.24, 2.45) is 5.92 Å². The van der Waals surface area contributed by atoms with Gasteiger partial charge in [-0.3, -0.25) is 4.79 Å². The lowest BCUT2D eigenvalue weighted by Crippen LogP contribution is -2.45. The van der Waals surface area contributed by atoms with Gasteiger partial charge in [0, 0.05) is 31.7 Å². The number of hydrogen-bond donors (Lipinski definition) is 0. The molecule has 0 saturated carbocycles. The third-order valence-corrected chi connectivity index (χ3v) is 7.63. The van der Waals surface area contributed by atoms with Gasteiger partial charge in [0.25, 0.3) is 0 Å². The summed E-state index contributed by atoms with van der Waals surface area (Å²) in [7, 11) is -0.511. The van der Waals surface area contributed by atoms with Crippen LogP contribution in [0.2, 0.25) is 5.02 Å². The molecule has 0 spiro atoms. The summed E-state index contributed by atoms with van der Waals surface area (Å²) in [6.45, 7) is 3.05. The van der Waals surface area contributed by atoms with Crippen molar-refractivity contribution in [1.29, 1.82) is 0 Å². The quantitative estimate of drug-likeness (QED) is 0.574. The van der Waals surface area contributed by atoms with E-state index >= 15 is 0 Å². The highest BCUT2D eigenvalue weighted by molar-refractivity contribution is 7.89. The van der Waals surface area contributed by atoms with Crippen LogP contribution < -0.4 is 9.47 Å². The molecule has 174 valence electrons. The van der Waals surface area contributed by atoms with E-state index < -0.39 is 15.9 Å². The summed E-state index contributed by atoms with van der Waals surface area (Å²) >= 11 is 6.07. The fourth-order valence-electron chi connectivity index (χ4n) is 3.85. The molecule has 2 aromatic carbocycles. The van der Waals surface area contributed by atoms with E-state index in [2.05, 4.69) is 0 Å². The van der Waals surface area contributed by atoms with Gasteiger partial charge < -0.3 is 14.4 Å². The molecule has 1 aliphatic heterocycles. The summed E-state index contributed by atoms with van der Waals surface area (Å²) in [4.78, 5) is 14.8. The normalized spacial score (nSPS) is 17.1. The van der Waals surface area contributed by atoms with Crippen LogP contribution in [0.5, 0.6) is 11.5 Å². The van der Waals surface area contributed by atoms with Crippen LogP contribution in [-0.2, 0) is 21.4 Å². The van der Waals surface area contributed by atoms with Crippen LogP contribution in [0.3, 0.4) is 0 Å². The Bertz CT molecular complexity index is 1040. The minimum absolute atomic E-state index is 0.0338. The van der Waals surface area contributed by atoms with Crippen LogP contribution in [0.25, 0.3) is 0 Å². The number of sulfonamides is 1. The summed E-state index contributed by atoms with van der Waals surface area (Å²) in [5.41, 5.74) is 0.974. The van der Waals surface area contributed by atoms with Crippen LogP contribution in [-0.4, -0.2) is 57.4 Å². The standard InChI is InChI=1S/C23H29ClN2O5S/c1-4-31-21-12-9-19(24)14-22(21)32(28,29)26-13-5-6-18(16-26)23(27)25(2)15-17-7-10-20(30-3)11-8-17/h7-12,14,18H,4-6,13,15-16H2,1-3H3/t18-/m0/s1. The molecule has 0 aliphatic carbocycles. The van der Waals surface area contributed by atoms with E-state index in [-0.39, 0.29) is 23.1 Å². The van der Waals surface area contributed by atoms with Gasteiger partial charge in [-0.05, 0) is 55.7 Å². The molecule has 1 heterocycles. The van der Waals surface area contributed by atoms with Gasteiger partial charge in [0.05, 0.1) is 19.6 Å². The van der Waals surface area contributed by atoms with E-state index in [9.17, 15) is 13.2 Å². The molecule has 0 N–H and O–H groups in total. The zero-order chi connectivity index (χ0) is 23.3. The van der Waals surface area contributed by atoms with E-state index in [4.69, 9.17) is 21.1 Å². The van der Waals surface area contributed by atoms with Gasteiger partial charge in [0.1, 0.15) is 16.4 Å². The molecule has 1 amide bonds. The summed E-state index contributed by atoms with van der Waals surface area (Å²) in [5.74, 6) is 0.540. The zero-order valence-corrected chi connectivity index (χ0v) is 20.2. The third kappa shape index (κ3) is 5.54. The number of ether oxygens (including phenoxy) is 2. The van der Waals surface area contributed by atoms with E-state index in [1.54, 1.807) is 38.1 Å². The van der Waals surface area contributed by atoms with Gasteiger partial charge in [-0.25, -0.2) is 8.42 Å². The number of hydrogen-bond acceptors (Lipinski definition) is 5. The second-order valence-corrected chi connectivity index (χ2v) is 10.1. The second kappa shape index (κ2) is 10.6. The number of piperidine rings is 1. The number of carbonyl (C=O) groups is 1. The minimum Gasteiger partial charge on any atom is -0.497 e. The number of methoxy groups -OCH3 is 1. The molecular formula is C23H29ClN2O5S. The number of nitrogens with zero attached hydrogens (tertiary/aromatic N) is 2. The third-order valence-electron chi connectivity index (χ3n) is 5.51. The molecule has 1 fully saturated rings. The van der Waals surface area contributed by atoms with Crippen LogP contribution in [0.4, 0.5) is 0 Å². The molecule has 7 nitrogen and oxygen atoms in total. The Kier molecular flexibility index (Phi) is 8.03. The molecule has 0 aromatic heterocycles. The maximum atomic E-state index is 13.4. The van der Waals surface area contributed by atoms with Crippen molar-refractivity contribution in [2.45, 2.75) is 31.2 Å². The topological polar surface area (TPSA) is 76.2 Å². The largest absolute Gasteiger partial charge is 0.497 e. The summed E-state index contributed by atoms with van der Waals surface area (Å²) in [6.07, 6.45) is 1.25. The van der Waals surface area contributed by atoms with E-state index in [0.717, 1.165) is 11.3 Å². The van der Waals surface area contributed by atoms with Crippen molar-refractivity contribution in [1.82, 2.24) is 9.21 Å². The number of rotatable bonds is 8. The van der Waals surface area contributed by atoms with Crippen molar-refractivity contribution < 1.29 is 22.7 Å². The number of amides is 1. The first kappa shape index (κ1) is 24.4. The monoisotopic (exact) mass is 480 g/mol. The lowest BCUT2D eigenvalue weighted by atomic mass is 9.98. The highest BCUT2D eigenvalue weighted by Crippen LogP contribution is 2.32. The van der Waals surface area contributed by atoms with E-state index in [1.165, 1.54) is 10.4 Å². The summed E-state index contributed by atoms with van der Waals surface area (Å²) in [5, 5.41) is 0.316. The minimum atomic E-state index is -3.86. The average Bonchev–Trinajstić information content (AvgIpc) is 2.80. The first-order valence-electron chi connectivity index (χ1n) is 10.6. The van der Waals surface area contributed by atoms with E-state index in [1.807, 2.05) is 24.3 Å². The molecule has 32 heavy (non-hydrogen) atoms. The Morgan fingerprint density at radius 1 is 1.22 bits per heavy atom. The van der Waals surface area contributed by atoms with Crippen molar-refractivity contribution >= 4 is 27.5 Å². The van der Waals surface area contributed by atoms with Crippen LogP contribution in [0.15, 0.2) is 47.4 Å². The molecule has 2 aromatic rings. The molecular weight excluding hydrogens is 452 g/mol. The van der Waals surface area contributed by atoms with E-state index in [0.29, 0.717) is 37.6 Å². The summed E-state index contributed by atoms with van der Waals surface area (Å²) < 4.78 is 38.8. The molecule has 0 unspecified atom stereocenters. The molecule has 3 rings (SSSR count). The molecule has 1 aliphatic rings. The van der Waals surface area contributed by atoms with Gasteiger partial charge in [-0.1, -0.05) is 23.7 Å². The predicted molar refractivity (Wildman–Crippen MR) is 124 cm³/mol. The Morgan fingerprint density at radius 2 is 1.94 bits per heavy atom. The molecule has 1 saturated heterocycles. The maximum Gasteiger partial charge on any atom is 0.246 e. The Hall–Kier alpha value is -2.29. The molecule has 0 radical (unpaired) electrons. The Morgan fingerprint density at radius 3 is 2.59 bits per heavy atom. The molecule has 1 atom stereocenters. The van der Waals surface area contributed by atoms with Gasteiger partial charge >= 0.3 is 0 Å². The second-order valence-electron chi connectivity index (χ2n) is 7.77. The van der Waals surface area contributed by atoms with Crippen LogP contribution in [0, 0.1) is 5.92 Å². The van der Waals surface area contributed by atoms with Crippen LogP contribution >= 0.6 is 11.6 Å². The van der Waals surface area contributed by atoms with Crippen molar-refractivity contribution in [3.05, 3.63) is 53.1 Å². The maximum absolute atomic E-state index is 13.4. The lowest BCUT2D eigenvalue weighted by Gasteiger charge is -2.33. The Balaban J connectivity index is 1.74. The highest BCUT2D eigenvalue weighted by atomic mass is 35.5. The molecule has 9 heteroatoms. The fourth-order valence-corrected chi connectivity index (χ4v) is 5.77. The molecule has 0 bridgehead atoms. The number of benzene rings is 2. The lowest BCUT2D eigenvalue weighted by molar-refractivity contribution is -0.135. The van der Waals surface area contributed by atoms with Gasteiger partial charge in [-0.2, -0.15) is 4.31 Å². The van der Waals surface area contributed by atoms with Crippen molar-refractivity contribution in [3.63, 3.8) is 0 Å². The van der Waals surface area contributed by atoms with Gasteiger partial charge in [0.2, 0.25) is 15.9 Å². The van der Waals surface area contributed by atoms with Gasteiger partial charge in [-0.15, -0.1) is 0 Å². The zero-order valence-electron chi connectivity index (χ0n) is 18.6. The van der Waals surface area contributed by atoms with Crippen molar-refractivity contribution in [3.8, 4) is 11.5 Å². The fraction of sp³-hybridized carbons (Fsp3) is 0.435. The Labute approximate surface area is 194 Å². The SMILES string of the molecule is CCOc1ccc(Cl)cc1S(=O)(=O)N1CCC[C@H](C(=O)N(C)Cc2ccc(OC)cc2)C1. The number of halogens is 1. The first-order chi connectivity index (χ1) is 15.3. The smallest absolute Gasteiger partial charge is 0.246 e. The highest BCUT2D eigenvalue weighted by Gasteiger charge is 2.36. The first-order valence-corrected chi connectivity index (χ1v) is 12.4. The summed E-state index contributed by atoms with van der Waals surface area (Å²) in [6, 6.07) is 12.1.